The summed E-state index contributed by atoms with van der Waals surface area (Å²) >= 11 is 0. The molecule has 2 rings (SSSR count). The second-order valence-corrected chi connectivity index (χ2v) is 6.21. The first-order valence-electron chi connectivity index (χ1n) is 5.99. The van der Waals surface area contributed by atoms with Crippen molar-refractivity contribution in [3.05, 3.63) is 65.0 Å². The molecule has 21 heavy (non-hydrogen) atoms. The Morgan fingerprint density at radius 3 is 2.29 bits per heavy atom. The van der Waals surface area contributed by atoms with Crippen LogP contribution in [0.2, 0.25) is 0 Å². The summed E-state index contributed by atoms with van der Waals surface area (Å²) in [5.74, 6) is -2.55. The predicted octanol–water partition coefficient (Wildman–Crippen LogP) is 2.89. The number of rotatable bonds is 4. The summed E-state index contributed by atoms with van der Waals surface area (Å²) < 4.78 is 65.5. The van der Waals surface area contributed by atoms with Crippen LogP contribution in [-0.4, -0.2) is 8.42 Å². The fraction of sp³-hybridized carbons (Fsp3) is 0.143. The number of hydrogen-bond donors (Lipinski definition) is 1. The highest BCUT2D eigenvalue weighted by Gasteiger charge is 2.19. The molecule has 2 aromatic rings. The molecular weight excluding hydrogens is 303 g/mol. The van der Waals surface area contributed by atoms with Gasteiger partial charge in [-0.25, -0.2) is 26.3 Å². The average Bonchev–Trinajstić information content (AvgIpc) is 2.39. The molecule has 0 aromatic heterocycles. The fourth-order valence-electron chi connectivity index (χ4n) is 1.77. The Bertz CT molecular complexity index is 776. The summed E-state index contributed by atoms with van der Waals surface area (Å²) in [6.45, 7) is 1.50. The minimum atomic E-state index is -4.15. The summed E-state index contributed by atoms with van der Waals surface area (Å²) in [5.41, 5.74) is 1.12. The highest BCUT2D eigenvalue weighted by atomic mass is 32.2. The van der Waals surface area contributed by atoms with Crippen LogP contribution in [0.15, 0.2) is 41.3 Å². The predicted molar refractivity (Wildman–Crippen MR) is 71.5 cm³/mol. The average molecular weight is 315 g/mol. The normalized spacial score (nSPS) is 11.6. The molecule has 0 saturated heterocycles. The maximum atomic E-state index is 13.5. The molecule has 0 fully saturated rings. The third kappa shape index (κ3) is 3.62. The van der Waals surface area contributed by atoms with E-state index in [1.54, 1.807) is 6.92 Å². The van der Waals surface area contributed by atoms with Gasteiger partial charge in [0.25, 0.3) is 0 Å². The first-order chi connectivity index (χ1) is 9.79. The van der Waals surface area contributed by atoms with Crippen LogP contribution in [0.1, 0.15) is 11.1 Å². The molecule has 0 spiro atoms. The number of hydrogen-bond acceptors (Lipinski definition) is 2. The van der Waals surface area contributed by atoms with Crippen LogP contribution >= 0.6 is 0 Å². The second kappa shape index (κ2) is 5.87. The maximum absolute atomic E-state index is 13.5. The monoisotopic (exact) mass is 315 g/mol. The van der Waals surface area contributed by atoms with Crippen LogP contribution in [0.4, 0.5) is 13.2 Å². The van der Waals surface area contributed by atoms with Gasteiger partial charge >= 0.3 is 0 Å². The Labute approximate surface area is 120 Å². The van der Waals surface area contributed by atoms with Gasteiger partial charge in [0.15, 0.2) is 0 Å². The van der Waals surface area contributed by atoms with E-state index in [9.17, 15) is 21.6 Å². The molecule has 0 aliphatic rings. The van der Waals surface area contributed by atoms with E-state index < -0.39 is 32.4 Å². The Hall–Kier alpha value is -1.86. The molecule has 0 aliphatic carbocycles. The van der Waals surface area contributed by atoms with E-state index in [2.05, 4.69) is 4.72 Å². The van der Waals surface area contributed by atoms with Crippen molar-refractivity contribution >= 4 is 10.0 Å². The lowest BCUT2D eigenvalue weighted by Crippen LogP contribution is -2.24. The minimum Gasteiger partial charge on any atom is -0.207 e. The molecule has 1 N–H and O–H groups in total. The maximum Gasteiger partial charge on any atom is 0.243 e. The summed E-state index contributed by atoms with van der Waals surface area (Å²) in [4.78, 5) is -0.655. The van der Waals surface area contributed by atoms with E-state index in [1.807, 2.05) is 0 Å². The number of nitrogens with one attached hydrogen (secondary N) is 1. The van der Waals surface area contributed by atoms with Crippen molar-refractivity contribution in [2.45, 2.75) is 18.4 Å². The van der Waals surface area contributed by atoms with Gasteiger partial charge in [0, 0.05) is 12.6 Å². The number of halogens is 3. The zero-order valence-electron chi connectivity index (χ0n) is 11.0. The molecule has 0 atom stereocenters. The zero-order valence-corrected chi connectivity index (χ0v) is 11.8. The van der Waals surface area contributed by atoms with Crippen molar-refractivity contribution in [3.63, 3.8) is 0 Å². The van der Waals surface area contributed by atoms with Crippen molar-refractivity contribution in [1.29, 1.82) is 0 Å². The number of benzene rings is 2. The first kappa shape index (κ1) is 15.5. The SMILES string of the molecule is Cc1ccc(F)cc1CNS(=O)(=O)c1ccc(F)cc1F. The molecule has 3 nitrogen and oxygen atoms in total. The highest BCUT2D eigenvalue weighted by molar-refractivity contribution is 7.89. The molecule has 0 bridgehead atoms. The molecule has 112 valence electrons. The Kier molecular flexibility index (Phi) is 4.34. The van der Waals surface area contributed by atoms with Gasteiger partial charge in [0.05, 0.1) is 0 Å². The van der Waals surface area contributed by atoms with Gasteiger partial charge in [-0.15, -0.1) is 0 Å². The lowest BCUT2D eigenvalue weighted by Gasteiger charge is -2.10. The van der Waals surface area contributed by atoms with E-state index in [4.69, 9.17) is 0 Å². The van der Waals surface area contributed by atoms with E-state index in [1.165, 1.54) is 18.2 Å². The molecule has 2 aromatic carbocycles. The van der Waals surface area contributed by atoms with E-state index in [0.717, 1.165) is 12.1 Å². The van der Waals surface area contributed by atoms with Gasteiger partial charge in [-0.3, -0.25) is 0 Å². The lowest BCUT2D eigenvalue weighted by molar-refractivity contribution is 0.542. The Balaban J connectivity index is 2.24. The van der Waals surface area contributed by atoms with Crippen molar-refractivity contribution in [2.75, 3.05) is 0 Å². The van der Waals surface area contributed by atoms with Gasteiger partial charge in [-0.2, -0.15) is 0 Å². The largest absolute Gasteiger partial charge is 0.243 e. The smallest absolute Gasteiger partial charge is 0.207 e. The molecule has 0 amide bonds. The molecule has 7 heteroatoms. The third-order valence-electron chi connectivity index (χ3n) is 2.95. The topological polar surface area (TPSA) is 46.2 Å². The van der Waals surface area contributed by atoms with Crippen LogP contribution < -0.4 is 4.72 Å². The van der Waals surface area contributed by atoms with E-state index in [-0.39, 0.29) is 6.54 Å². The van der Waals surface area contributed by atoms with Crippen molar-refractivity contribution < 1.29 is 21.6 Å². The molecule has 0 heterocycles. The Morgan fingerprint density at radius 2 is 1.62 bits per heavy atom. The zero-order chi connectivity index (χ0) is 15.6. The summed E-state index contributed by atoms with van der Waals surface area (Å²) in [6.07, 6.45) is 0. The molecule has 0 radical (unpaired) electrons. The van der Waals surface area contributed by atoms with Crippen LogP contribution in [0.3, 0.4) is 0 Å². The molecular formula is C14H12F3NO2S. The Morgan fingerprint density at radius 1 is 1.00 bits per heavy atom. The van der Waals surface area contributed by atoms with Gasteiger partial charge in [0.2, 0.25) is 10.0 Å². The standard InChI is InChI=1S/C14H12F3NO2S/c1-9-2-3-11(15)6-10(9)8-18-21(19,20)14-5-4-12(16)7-13(14)17/h2-7,18H,8H2,1H3. The van der Waals surface area contributed by atoms with Crippen molar-refractivity contribution in [1.82, 2.24) is 4.72 Å². The third-order valence-corrected chi connectivity index (χ3v) is 4.38. The van der Waals surface area contributed by atoms with Crippen LogP contribution in [0.25, 0.3) is 0 Å². The summed E-state index contributed by atoms with van der Waals surface area (Å²) in [6, 6.07) is 6.14. The van der Waals surface area contributed by atoms with E-state index in [0.29, 0.717) is 17.2 Å². The molecule has 0 aliphatic heterocycles. The number of sulfonamides is 1. The van der Waals surface area contributed by atoms with Crippen LogP contribution in [0, 0.1) is 24.4 Å². The number of aryl methyl sites for hydroxylation is 1. The van der Waals surface area contributed by atoms with Crippen LogP contribution in [0.5, 0.6) is 0 Å². The van der Waals surface area contributed by atoms with Gasteiger partial charge in [-0.05, 0) is 42.3 Å². The summed E-state index contributed by atoms with van der Waals surface area (Å²) in [5, 5.41) is 0. The summed E-state index contributed by atoms with van der Waals surface area (Å²) in [7, 11) is -4.15. The van der Waals surface area contributed by atoms with Crippen LogP contribution in [-0.2, 0) is 16.6 Å². The quantitative estimate of drug-likeness (QED) is 0.943. The second-order valence-electron chi connectivity index (χ2n) is 4.47. The minimum absolute atomic E-state index is 0.192. The fourth-order valence-corrected chi connectivity index (χ4v) is 2.84. The molecule has 0 saturated carbocycles. The highest BCUT2D eigenvalue weighted by Crippen LogP contribution is 2.16. The van der Waals surface area contributed by atoms with Crippen molar-refractivity contribution in [3.8, 4) is 0 Å². The van der Waals surface area contributed by atoms with Gasteiger partial charge in [-0.1, -0.05) is 6.07 Å². The lowest BCUT2D eigenvalue weighted by atomic mass is 10.1. The van der Waals surface area contributed by atoms with Crippen molar-refractivity contribution in [2.24, 2.45) is 0 Å². The molecule has 0 unspecified atom stereocenters. The van der Waals surface area contributed by atoms with Gasteiger partial charge in [0.1, 0.15) is 22.3 Å². The first-order valence-corrected chi connectivity index (χ1v) is 7.47. The van der Waals surface area contributed by atoms with Gasteiger partial charge < -0.3 is 0 Å². The van der Waals surface area contributed by atoms with E-state index >= 15 is 0 Å².